The molecular weight excluding hydrogens is 451 g/mol. The molecule has 0 radical (unpaired) electrons. The monoisotopic (exact) mass is 473 g/mol. The van der Waals surface area contributed by atoms with E-state index in [4.69, 9.17) is 0 Å². The number of benzene rings is 2. The van der Waals surface area contributed by atoms with Crippen LogP contribution < -0.4 is 10.6 Å². The van der Waals surface area contributed by atoms with Crippen LogP contribution in [-0.2, 0) is 17.4 Å². The number of nitrogens with zero attached hydrogens (tertiary/aromatic N) is 1. The van der Waals surface area contributed by atoms with Crippen LogP contribution in [0, 0.1) is 6.92 Å². The summed E-state index contributed by atoms with van der Waals surface area (Å²) in [6, 6.07) is 13.5. The van der Waals surface area contributed by atoms with Crippen molar-refractivity contribution in [1.82, 2.24) is 15.6 Å². The highest BCUT2D eigenvalue weighted by atomic mass is 32.1. The predicted octanol–water partition coefficient (Wildman–Crippen LogP) is 4.76. The first-order chi connectivity index (χ1) is 15.7. The summed E-state index contributed by atoms with van der Waals surface area (Å²) < 4.78 is 38.5. The van der Waals surface area contributed by atoms with Crippen LogP contribution in [-0.4, -0.2) is 28.9 Å². The average molecular weight is 474 g/mol. The fourth-order valence-electron chi connectivity index (χ4n) is 3.34. The summed E-state index contributed by atoms with van der Waals surface area (Å²) >= 11 is 1.08. The third-order valence-corrected chi connectivity index (χ3v) is 6.50. The van der Waals surface area contributed by atoms with Crippen molar-refractivity contribution in [3.8, 4) is 10.6 Å². The Balaban J connectivity index is 1.52. The Kier molecular flexibility index (Phi) is 6.51. The van der Waals surface area contributed by atoms with E-state index in [1.54, 1.807) is 6.92 Å². The summed E-state index contributed by atoms with van der Waals surface area (Å²) in [6.07, 6.45) is -2.21. The maximum absolute atomic E-state index is 13.0. The number of thiazole rings is 1. The van der Waals surface area contributed by atoms with Gasteiger partial charge in [0, 0.05) is 18.0 Å². The van der Waals surface area contributed by atoms with Gasteiger partial charge in [0.25, 0.3) is 5.91 Å². The van der Waals surface area contributed by atoms with E-state index in [0.717, 1.165) is 41.9 Å². The minimum atomic E-state index is -4.42. The molecule has 3 aromatic rings. The Labute approximate surface area is 193 Å². The third kappa shape index (κ3) is 5.78. The predicted molar refractivity (Wildman–Crippen MR) is 120 cm³/mol. The van der Waals surface area contributed by atoms with Crippen LogP contribution in [0.15, 0.2) is 54.6 Å². The van der Waals surface area contributed by atoms with Crippen molar-refractivity contribution < 1.29 is 22.8 Å². The van der Waals surface area contributed by atoms with E-state index in [-0.39, 0.29) is 11.9 Å². The van der Waals surface area contributed by atoms with Gasteiger partial charge in [-0.15, -0.1) is 11.3 Å². The Bertz CT molecular complexity index is 1140. The van der Waals surface area contributed by atoms with Crippen LogP contribution in [0.5, 0.6) is 0 Å². The molecule has 0 spiro atoms. The van der Waals surface area contributed by atoms with Crippen molar-refractivity contribution in [1.29, 1.82) is 0 Å². The van der Waals surface area contributed by atoms with Gasteiger partial charge in [-0.2, -0.15) is 13.2 Å². The van der Waals surface area contributed by atoms with Crippen molar-refractivity contribution in [2.45, 2.75) is 44.4 Å². The first-order valence-corrected chi connectivity index (χ1v) is 11.3. The molecule has 0 saturated heterocycles. The molecule has 172 valence electrons. The number of carbonyl (C=O) groups is 2. The maximum Gasteiger partial charge on any atom is 0.416 e. The Hall–Kier alpha value is -3.20. The first kappa shape index (κ1) is 23.0. The molecule has 33 heavy (non-hydrogen) atoms. The lowest BCUT2D eigenvalue weighted by molar-refractivity contribution is -0.137. The van der Waals surface area contributed by atoms with Crippen LogP contribution in [0.1, 0.15) is 39.3 Å². The number of nitrogens with one attached hydrogen (secondary N) is 2. The van der Waals surface area contributed by atoms with Crippen molar-refractivity contribution >= 4 is 23.2 Å². The fraction of sp³-hybridized carbons (Fsp3) is 0.292. The van der Waals surface area contributed by atoms with E-state index < -0.39 is 23.7 Å². The van der Waals surface area contributed by atoms with Crippen molar-refractivity contribution in [3.05, 3.63) is 76.3 Å². The topological polar surface area (TPSA) is 71.1 Å². The van der Waals surface area contributed by atoms with Crippen molar-refractivity contribution in [2.75, 3.05) is 0 Å². The minimum Gasteiger partial charge on any atom is -0.352 e. The number of aryl methyl sites for hydroxylation is 1. The van der Waals surface area contributed by atoms with E-state index in [1.165, 1.54) is 12.1 Å². The highest BCUT2D eigenvalue weighted by Gasteiger charge is 2.31. The minimum absolute atomic E-state index is 0.157. The molecule has 2 amide bonds. The largest absolute Gasteiger partial charge is 0.416 e. The molecule has 1 aliphatic carbocycles. The number of alkyl halides is 3. The molecule has 2 N–H and O–H groups in total. The number of rotatable bonds is 7. The van der Waals surface area contributed by atoms with Gasteiger partial charge in [-0.05, 0) is 37.5 Å². The van der Waals surface area contributed by atoms with Crippen LogP contribution in [0.2, 0.25) is 0 Å². The molecule has 2 aromatic carbocycles. The summed E-state index contributed by atoms with van der Waals surface area (Å²) in [5.74, 6) is -0.671. The van der Waals surface area contributed by atoms with Crippen LogP contribution >= 0.6 is 11.3 Å². The van der Waals surface area contributed by atoms with E-state index in [9.17, 15) is 22.8 Å². The molecule has 9 heteroatoms. The lowest BCUT2D eigenvalue weighted by atomic mass is 10.0. The smallest absolute Gasteiger partial charge is 0.352 e. The molecule has 1 atom stereocenters. The first-order valence-electron chi connectivity index (χ1n) is 10.5. The lowest BCUT2D eigenvalue weighted by Crippen LogP contribution is -2.48. The number of hydrogen-bond acceptors (Lipinski definition) is 4. The molecule has 1 saturated carbocycles. The zero-order valence-corrected chi connectivity index (χ0v) is 18.6. The summed E-state index contributed by atoms with van der Waals surface area (Å²) in [4.78, 5) is 30.5. The van der Waals surface area contributed by atoms with Gasteiger partial charge in [0.2, 0.25) is 5.91 Å². The van der Waals surface area contributed by atoms with E-state index in [2.05, 4.69) is 15.6 Å². The molecule has 0 aliphatic heterocycles. The van der Waals surface area contributed by atoms with Gasteiger partial charge in [0.15, 0.2) is 0 Å². The van der Waals surface area contributed by atoms with Crippen LogP contribution in [0.25, 0.3) is 10.6 Å². The fourth-order valence-corrected chi connectivity index (χ4v) is 4.32. The number of halogens is 3. The van der Waals surface area contributed by atoms with Gasteiger partial charge in [0.05, 0.1) is 11.3 Å². The summed E-state index contributed by atoms with van der Waals surface area (Å²) in [5, 5.41) is 6.19. The standard InChI is InChI=1S/C24H22F3N3O2S/c1-14-20(33-23(28-14)16-7-9-17(10-8-16)24(25,26)27)22(32)30-19(21(31)29-18-11-12-18)13-15-5-3-2-4-6-15/h2-10,18-19H,11-13H2,1H3,(H,29,31)(H,30,32). The van der Waals surface area contributed by atoms with Crippen LogP contribution in [0.3, 0.4) is 0 Å². The van der Waals surface area contributed by atoms with Gasteiger partial charge >= 0.3 is 6.18 Å². The molecule has 0 bridgehead atoms. The van der Waals surface area contributed by atoms with Gasteiger partial charge in [0.1, 0.15) is 15.9 Å². The van der Waals surface area contributed by atoms with Crippen molar-refractivity contribution in [2.24, 2.45) is 0 Å². The van der Waals surface area contributed by atoms with E-state index in [0.29, 0.717) is 27.6 Å². The second-order valence-electron chi connectivity index (χ2n) is 8.01. The maximum atomic E-state index is 13.0. The molecule has 4 rings (SSSR count). The third-order valence-electron chi connectivity index (χ3n) is 5.29. The SMILES string of the molecule is Cc1nc(-c2ccc(C(F)(F)F)cc2)sc1C(=O)NC(Cc1ccccc1)C(=O)NC1CC1. The Morgan fingerprint density at radius 1 is 1.09 bits per heavy atom. The van der Waals surface area contributed by atoms with Gasteiger partial charge < -0.3 is 10.6 Å². The second-order valence-corrected chi connectivity index (χ2v) is 9.01. The molecule has 1 heterocycles. The molecule has 1 unspecified atom stereocenters. The molecule has 1 aromatic heterocycles. The second kappa shape index (κ2) is 9.35. The molecule has 1 aliphatic rings. The van der Waals surface area contributed by atoms with E-state index in [1.807, 2.05) is 30.3 Å². The number of amides is 2. The zero-order chi connectivity index (χ0) is 23.6. The van der Waals surface area contributed by atoms with Gasteiger partial charge in [-0.3, -0.25) is 9.59 Å². The summed E-state index contributed by atoms with van der Waals surface area (Å²) in [7, 11) is 0. The highest BCUT2D eigenvalue weighted by Crippen LogP contribution is 2.33. The molecular formula is C24H22F3N3O2S. The van der Waals surface area contributed by atoms with Crippen molar-refractivity contribution in [3.63, 3.8) is 0 Å². The Morgan fingerprint density at radius 3 is 2.36 bits per heavy atom. The number of aromatic nitrogens is 1. The normalized spacial score (nSPS) is 14.5. The van der Waals surface area contributed by atoms with Gasteiger partial charge in [-0.25, -0.2) is 4.98 Å². The molecule has 5 nitrogen and oxygen atoms in total. The average Bonchev–Trinajstić information content (AvgIpc) is 3.51. The zero-order valence-electron chi connectivity index (χ0n) is 17.8. The number of carbonyl (C=O) groups excluding carboxylic acids is 2. The summed E-state index contributed by atoms with van der Waals surface area (Å²) in [5.41, 5.74) is 1.11. The lowest BCUT2D eigenvalue weighted by Gasteiger charge is -2.18. The number of hydrogen-bond donors (Lipinski definition) is 2. The van der Waals surface area contributed by atoms with Crippen LogP contribution in [0.4, 0.5) is 13.2 Å². The Morgan fingerprint density at radius 2 is 1.76 bits per heavy atom. The van der Waals surface area contributed by atoms with E-state index >= 15 is 0 Å². The van der Waals surface area contributed by atoms with Gasteiger partial charge in [-0.1, -0.05) is 42.5 Å². The quantitative estimate of drug-likeness (QED) is 0.520. The summed E-state index contributed by atoms with van der Waals surface area (Å²) in [6.45, 7) is 1.66. The highest BCUT2D eigenvalue weighted by molar-refractivity contribution is 7.17. The molecule has 1 fully saturated rings.